The predicted octanol–water partition coefficient (Wildman–Crippen LogP) is 1.27. The van der Waals surface area contributed by atoms with Gasteiger partial charge in [0.15, 0.2) is 0 Å². The molecular weight excluding hydrogens is 216 g/mol. The molecule has 0 bridgehead atoms. The lowest BCUT2D eigenvalue weighted by molar-refractivity contribution is -0.119. The molecule has 2 aliphatic heterocycles. The van der Waals surface area contributed by atoms with E-state index in [2.05, 4.69) is 16.7 Å². The van der Waals surface area contributed by atoms with Gasteiger partial charge in [0.05, 0.1) is 7.11 Å². The lowest BCUT2D eigenvalue weighted by Gasteiger charge is -2.35. The van der Waals surface area contributed by atoms with Gasteiger partial charge in [-0.15, -0.1) is 0 Å². The van der Waals surface area contributed by atoms with Crippen molar-refractivity contribution in [1.82, 2.24) is 5.32 Å². The molecule has 0 radical (unpaired) electrons. The first kappa shape index (κ1) is 10.4. The number of hydrogen-bond donors (Lipinski definition) is 2. The highest BCUT2D eigenvalue weighted by Gasteiger charge is 2.43. The SMILES string of the molecule is COc1ccc2c(c1)C1(CCN2)CNC(=O)C1. The van der Waals surface area contributed by atoms with Crippen LogP contribution in [0.5, 0.6) is 5.75 Å². The molecular formula is C13H16N2O2. The van der Waals surface area contributed by atoms with E-state index in [1.54, 1.807) is 7.11 Å². The summed E-state index contributed by atoms with van der Waals surface area (Å²) in [6, 6.07) is 6.05. The molecule has 2 N–H and O–H groups in total. The highest BCUT2D eigenvalue weighted by Crippen LogP contribution is 2.43. The van der Waals surface area contributed by atoms with Crippen molar-refractivity contribution in [2.75, 3.05) is 25.5 Å². The van der Waals surface area contributed by atoms with E-state index in [0.717, 1.165) is 30.9 Å². The summed E-state index contributed by atoms with van der Waals surface area (Å²) >= 11 is 0. The van der Waals surface area contributed by atoms with Crippen LogP contribution >= 0.6 is 0 Å². The van der Waals surface area contributed by atoms with E-state index in [0.29, 0.717) is 6.42 Å². The number of fused-ring (bicyclic) bond motifs is 2. The summed E-state index contributed by atoms with van der Waals surface area (Å²) in [7, 11) is 1.67. The molecule has 4 heteroatoms. The Morgan fingerprint density at radius 2 is 2.24 bits per heavy atom. The molecule has 1 fully saturated rings. The topological polar surface area (TPSA) is 50.4 Å². The third-order valence-electron chi connectivity index (χ3n) is 3.84. The molecule has 0 aromatic heterocycles. The standard InChI is InChI=1S/C13H16N2O2/c1-17-9-2-3-11-10(6-9)13(4-5-14-11)7-12(16)15-8-13/h2-3,6,14H,4-5,7-8H2,1H3,(H,15,16). The van der Waals surface area contributed by atoms with Gasteiger partial charge in [-0.1, -0.05) is 0 Å². The Kier molecular flexibility index (Phi) is 2.24. The summed E-state index contributed by atoms with van der Waals surface area (Å²) in [5.74, 6) is 1.01. The van der Waals surface area contributed by atoms with Gasteiger partial charge in [-0.3, -0.25) is 4.79 Å². The first-order chi connectivity index (χ1) is 8.23. The maximum absolute atomic E-state index is 11.5. The Balaban J connectivity index is 2.08. The Morgan fingerprint density at radius 3 is 2.94 bits per heavy atom. The van der Waals surface area contributed by atoms with E-state index >= 15 is 0 Å². The predicted molar refractivity (Wildman–Crippen MR) is 65.4 cm³/mol. The van der Waals surface area contributed by atoms with Gasteiger partial charge < -0.3 is 15.4 Å². The minimum Gasteiger partial charge on any atom is -0.497 e. The normalized spacial score (nSPS) is 26.3. The fourth-order valence-corrected chi connectivity index (χ4v) is 2.88. The summed E-state index contributed by atoms with van der Waals surface area (Å²) in [4.78, 5) is 11.5. The number of nitrogens with one attached hydrogen (secondary N) is 2. The van der Waals surface area contributed by atoms with Crippen LogP contribution in [0.15, 0.2) is 18.2 Å². The second-order valence-corrected chi connectivity index (χ2v) is 4.82. The molecule has 4 nitrogen and oxygen atoms in total. The minimum absolute atomic E-state index is 0.0355. The van der Waals surface area contributed by atoms with E-state index in [1.165, 1.54) is 5.56 Å². The minimum atomic E-state index is -0.0355. The highest BCUT2D eigenvalue weighted by atomic mass is 16.5. The van der Waals surface area contributed by atoms with Crippen molar-refractivity contribution in [3.63, 3.8) is 0 Å². The van der Waals surface area contributed by atoms with Crippen molar-refractivity contribution in [2.45, 2.75) is 18.3 Å². The fourth-order valence-electron chi connectivity index (χ4n) is 2.88. The molecule has 1 spiro atoms. The lowest BCUT2D eigenvalue weighted by Crippen LogP contribution is -2.36. The van der Waals surface area contributed by atoms with E-state index in [9.17, 15) is 4.79 Å². The Bertz CT molecular complexity index is 472. The molecule has 1 amide bonds. The number of anilines is 1. The van der Waals surface area contributed by atoms with E-state index < -0.39 is 0 Å². The van der Waals surface area contributed by atoms with E-state index in [-0.39, 0.29) is 11.3 Å². The molecule has 1 aromatic rings. The molecule has 17 heavy (non-hydrogen) atoms. The van der Waals surface area contributed by atoms with Crippen LogP contribution in [0.3, 0.4) is 0 Å². The number of amides is 1. The average molecular weight is 232 g/mol. The van der Waals surface area contributed by atoms with Gasteiger partial charge in [0.2, 0.25) is 5.91 Å². The monoisotopic (exact) mass is 232 g/mol. The third-order valence-corrected chi connectivity index (χ3v) is 3.84. The van der Waals surface area contributed by atoms with Gasteiger partial charge in [-0.25, -0.2) is 0 Å². The number of benzene rings is 1. The summed E-state index contributed by atoms with van der Waals surface area (Å²) < 4.78 is 5.28. The van der Waals surface area contributed by atoms with E-state index in [4.69, 9.17) is 4.74 Å². The second kappa shape index (κ2) is 3.65. The number of methoxy groups -OCH3 is 1. The van der Waals surface area contributed by atoms with Crippen LogP contribution in [-0.2, 0) is 10.2 Å². The molecule has 1 atom stereocenters. The largest absolute Gasteiger partial charge is 0.497 e. The maximum atomic E-state index is 11.5. The van der Waals surface area contributed by atoms with Gasteiger partial charge in [0.25, 0.3) is 0 Å². The first-order valence-electron chi connectivity index (χ1n) is 5.93. The molecule has 2 heterocycles. The Hall–Kier alpha value is -1.71. The molecule has 1 unspecified atom stereocenters. The number of carbonyl (C=O) groups excluding carboxylic acids is 1. The number of hydrogen-bond acceptors (Lipinski definition) is 3. The molecule has 0 aliphatic carbocycles. The first-order valence-corrected chi connectivity index (χ1v) is 5.93. The zero-order valence-electron chi connectivity index (χ0n) is 9.88. The van der Waals surface area contributed by atoms with Gasteiger partial charge >= 0.3 is 0 Å². The maximum Gasteiger partial charge on any atom is 0.220 e. The lowest BCUT2D eigenvalue weighted by atomic mass is 9.74. The van der Waals surface area contributed by atoms with Crippen LogP contribution in [0, 0.1) is 0 Å². The molecule has 0 saturated carbocycles. The summed E-state index contributed by atoms with van der Waals surface area (Å²) in [6.07, 6.45) is 1.58. The molecule has 1 aromatic carbocycles. The van der Waals surface area contributed by atoms with Crippen LogP contribution in [0.4, 0.5) is 5.69 Å². The number of carbonyl (C=O) groups is 1. The zero-order valence-corrected chi connectivity index (χ0v) is 9.88. The molecule has 2 aliphatic rings. The van der Waals surface area contributed by atoms with Crippen LogP contribution in [0.1, 0.15) is 18.4 Å². The highest BCUT2D eigenvalue weighted by molar-refractivity contribution is 5.82. The van der Waals surface area contributed by atoms with Crippen LogP contribution < -0.4 is 15.4 Å². The number of rotatable bonds is 1. The van der Waals surface area contributed by atoms with Crippen molar-refractivity contribution in [1.29, 1.82) is 0 Å². The molecule has 90 valence electrons. The van der Waals surface area contributed by atoms with Gasteiger partial charge in [-0.2, -0.15) is 0 Å². The fraction of sp³-hybridized carbons (Fsp3) is 0.462. The van der Waals surface area contributed by atoms with Crippen molar-refractivity contribution >= 4 is 11.6 Å². The average Bonchev–Trinajstić information content (AvgIpc) is 2.72. The second-order valence-electron chi connectivity index (χ2n) is 4.82. The Morgan fingerprint density at radius 1 is 1.35 bits per heavy atom. The van der Waals surface area contributed by atoms with Crippen molar-refractivity contribution in [3.05, 3.63) is 23.8 Å². The van der Waals surface area contributed by atoms with Gasteiger partial charge in [-0.05, 0) is 30.2 Å². The van der Waals surface area contributed by atoms with Crippen LogP contribution in [0.2, 0.25) is 0 Å². The van der Waals surface area contributed by atoms with Crippen LogP contribution in [0.25, 0.3) is 0 Å². The van der Waals surface area contributed by atoms with Gasteiger partial charge in [0, 0.05) is 30.6 Å². The Labute approximate surface area is 100 Å². The smallest absolute Gasteiger partial charge is 0.220 e. The van der Waals surface area contributed by atoms with E-state index in [1.807, 2.05) is 12.1 Å². The number of ether oxygens (including phenoxy) is 1. The zero-order chi connectivity index (χ0) is 11.9. The quantitative estimate of drug-likeness (QED) is 0.766. The van der Waals surface area contributed by atoms with Crippen molar-refractivity contribution in [3.8, 4) is 5.75 Å². The summed E-state index contributed by atoms with van der Waals surface area (Å²) in [6.45, 7) is 1.67. The van der Waals surface area contributed by atoms with Gasteiger partial charge in [0.1, 0.15) is 5.75 Å². The molecule has 1 saturated heterocycles. The van der Waals surface area contributed by atoms with Crippen molar-refractivity contribution < 1.29 is 9.53 Å². The summed E-state index contributed by atoms with van der Waals surface area (Å²) in [5, 5.41) is 6.34. The summed E-state index contributed by atoms with van der Waals surface area (Å²) in [5.41, 5.74) is 2.31. The van der Waals surface area contributed by atoms with Crippen LogP contribution in [-0.4, -0.2) is 26.1 Å². The van der Waals surface area contributed by atoms with Crippen molar-refractivity contribution in [2.24, 2.45) is 0 Å². The molecule has 3 rings (SSSR count). The third kappa shape index (κ3) is 1.55.